The van der Waals surface area contributed by atoms with Crippen molar-refractivity contribution in [3.63, 3.8) is 0 Å². The van der Waals surface area contributed by atoms with E-state index in [0.29, 0.717) is 6.04 Å². The van der Waals surface area contributed by atoms with E-state index in [4.69, 9.17) is 0 Å². The molecule has 1 N–H and O–H groups in total. The zero-order valence-corrected chi connectivity index (χ0v) is 10.2. The predicted molar refractivity (Wildman–Crippen MR) is 70.7 cm³/mol. The molecule has 0 heterocycles. The van der Waals surface area contributed by atoms with Crippen LogP contribution in [0.4, 0.5) is 4.39 Å². The van der Waals surface area contributed by atoms with E-state index in [1.54, 1.807) is 12.1 Å². The lowest BCUT2D eigenvalue weighted by Gasteiger charge is -2.14. The fourth-order valence-electron chi connectivity index (χ4n) is 2.64. The molecule has 3 rings (SSSR count). The lowest BCUT2D eigenvalue weighted by atomic mass is 10.1. The molecule has 1 atom stereocenters. The molecule has 2 aromatic rings. The molecule has 0 radical (unpaired) electrons. The summed E-state index contributed by atoms with van der Waals surface area (Å²) >= 11 is 0. The van der Waals surface area contributed by atoms with E-state index in [1.165, 1.54) is 11.1 Å². The molecule has 18 heavy (non-hydrogen) atoms. The van der Waals surface area contributed by atoms with Gasteiger partial charge in [-0.15, -0.1) is 0 Å². The van der Waals surface area contributed by atoms with Crippen molar-refractivity contribution in [2.24, 2.45) is 0 Å². The van der Waals surface area contributed by atoms with E-state index in [0.717, 1.165) is 24.9 Å². The summed E-state index contributed by atoms with van der Waals surface area (Å²) in [4.78, 5) is 0. The van der Waals surface area contributed by atoms with Crippen LogP contribution in [0.1, 0.15) is 29.2 Å². The number of hydrogen-bond acceptors (Lipinski definition) is 1. The standard InChI is InChI=1S/C16H16FN/c17-14-7-8-15-13(10-14)6-9-16(15)18-11-12-4-2-1-3-5-12/h1-5,7-8,10,16,18H,6,9,11H2. The van der Waals surface area contributed by atoms with Gasteiger partial charge in [-0.3, -0.25) is 0 Å². The molecule has 0 saturated carbocycles. The number of fused-ring (bicyclic) bond motifs is 1. The van der Waals surface area contributed by atoms with Crippen molar-refractivity contribution in [1.29, 1.82) is 0 Å². The van der Waals surface area contributed by atoms with Crippen molar-refractivity contribution in [1.82, 2.24) is 5.32 Å². The highest BCUT2D eigenvalue weighted by Gasteiger charge is 2.21. The molecule has 0 saturated heterocycles. The molecule has 0 bridgehead atoms. The number of rotatable bonds is 3. The average molecular weight is 241 g/mol. The lowest BCUT2D eigenvalue weighted by Crippen LogP contribution is -2.18. The van der Waals surface area contributed by atoms with Gasteiger partial charge < -0.3 is 5.32 Å². The maximum atomic E-state index is 13.1. The van der Waals surface area contributed by atoms with Gasteiger partial charge in [0.25, 0.3) is 0 Å². The molecule has 1 aliphatic carbocycles. The molecular formula is C16H16FN. The Bertz CT molecular complexity index is 536. The predicted octanol–water partition coefficient (Wildman–Crippen LogP) is 3.60. The zero-order chi connectivity index (χ0) is 12.4. The highest BCUT2D eigenvalue weighted by molar-refractivity contribution is 5.35. The van der Waals surface area contributed by atoms with E-state index < -0.39 is 0 Å². The van der Waals surface area contributed by atoms with E-state index >= 15 is 0 Å². The van der Waals surface area contributed by atoms with Crippen LogP contribution >= 0.6 is 0 Å². The number of aryl methyl sites for hydroxylation is 1. The number of nitrogens with one attached hydrogen (secondary N) is 1. The highest BCUT2D eigenvalue weighted by Crippen LogP contribution is 2.31. The fraction of sp³-hybridized carbons (Fsp3) is 0.250. The summed E-state index contributed by atoms with van der Waals surface area (Å²) in [5.74, 6) is -0.127. The molecule has 0 amide bonds. The number of halogens is 1. The third kappa shape index (κ3) is 2.29. The molecule has 0 spiro atoms. The zero-order valence-electron chi connectivity index (χ0n) is 10.2. The number of hydrogen-bond donors (Lipinski definition) is 1. The van der Waals surface area contributed by atoms with E-state index in [9.17, 15) is 4.39 Å². The Morgan fingerprint density at radius 2 is 1.94 bits per heavy atom. The van der Waals surface area contributed by atoms with Gasteiger partial charge in [-0.05, 0) is 41.7 Å². The van der Waals surface area contributed by atoms with E-state index in [1.807, 2.05) is 12.1 Å². The molecule has 92 valence electrons. The van der Waals surface area contributed by atoms with Crippen LogP contribution in [0.2, 0.25) is 0 Å². The SMILES string of the molecule is Fc1ccc2c(c1)CCC2NCc1ccccc1. The molecular weight excluding hydrogens is 225 g/mol. The monoisotopic (exact) mass is 241 g/mol. The van der Waals surface area contributed by atoms with Gasteiger partial charge in [0.1, 0.15) is 5.82 Å². The third-order valence-corrected chi connectivity index (χ3v) is 3.58. The third-order valence-electron chi connectivity index (χ3n) is 3.58. The minimum absolute atomic E-state index is 0.127. The molecule has 0 aliphatic heterocycles. The van der Waals surface area contributed by atoms with Crippen molar-refractivity contribution < 1.29 is 4.39 Å². The van der Waals surface area contributed by atoms with Gasteiger partial charge in [-0.1, -0.05) is 36.4 Å². The molecule has 1 unspecified atom stereocenters. The summed E-state index contributed by atoms with van der Waals surface area (Å²) in [5, 5.41) is 3.55. The van der Waals surface area contributed by atoms with Crippen LogP contribution in [0, 0.1) is 5.82 Å². The Morgan fingerprint density at radius 1 is 1.11 bits per heavy atom. The summed E-state index contributed by atoms with van der Waals surface area (Å²) in [5.41, 5.74) is 3.70. The largest absolute Gasteiger partial charge is 0.306 e. The van der Waals surface area contributed by atoms with Gasteiger partial charge in [-0.2, -0.15) is 0 Å². The summed E-state index contributed by atoms with van der Waals surface area (Å²) in [7, 11) is 0. The summed E-state index contributed by atoms with van der Waals surface area (Å²) < 4.78 is 13.1. The topological polar surface area (TPSA) is 12.0 Å². The van der Waals surface area contributed by atoms with Gasteiger partial charge in [0.2, 0.25) is 0 Å². The fourth-order valence-corrected chi connectivity index (χ4v) is 2.64. The Balaban J connectivity index is 1.70. The van der Waals surface area contributed by atoms with Crippen molar-refractivity contribution in [2.75, 3.05) is 0 Å². The first-order chi connectivity index (χ1) is 8.83. The van der Waals surface area contributed by atoms with Crippen LogP contribution in [-0.2, 0) is 13.0 Å². The first-order valence-corrected chi connectivity index (χ1v) is 6.38. The van der Waals surface area contributed by atoms with Gasteiger partial charge in [0.05, 0.1) is 0 Å². The van der Waals surface area contributed by atoms with Crippen molar-refractivity contribution in [3.05, 3.63) is 71.0 Å². The maximum absolute atomic E-state index is 13.1. The summed E-state index contributed by atoms with van der Waals surface area (Å²) in [6.07, 6.45) is 2.03. The summed E-state index contributed by atoms with van der Waals surface area (Å²) in [6.45, 7) is 0.863. The normalized spacial score (nSPS) is 17.7. The lowest BCUT2D eigenvalue weighted by molar-refractivity contribution is 0.530. The van der Waals surface area contributed by atoms with Gasteiger partial charge in [0, 0.05) is 12.6 Å². The van der Waals surface area contributed by atoms with E-state index in [-0.39, 0.29) is 5.82 Å². The second kappa shape index (κ2) is 4.91. The average Bonchev–Trinajstić information content (AvgIpc) is 2.80. The van der Waals surface area contributed by atoms with Gasteiger partial charge >= 0.3 is 0 Å². The first kappa shape index (κ1) is 11.4. The van der Waals surface area contributed by atoms with E-state index in [2.05, 4.69) is 29.6 Å². The minimum Gasteiger partial charge on any atom is -0.306 e. The van der Waals surface area contributed by atoms with Crippen LogP contribution in [-0.4, -0.2) is 0 Å². The maximum Gasteiger partial charge on any atom is 0.123 e. The van der Waals surface area contributed by atoms with Crippen molar-refractivity contribution >= 4 is 0 Å². The molecule has 1 aliphatic rings. The van der Waals surface area contributed by atoms with Gasteiger partial charge in [-0.25, -0.2) is 4.39 Å². The van der Waals surface area contributed by atoms with Crippen LogP contribution in [0.3, 0.4) is 0 Å². The Hall–Kier alpha value is -1.67. The molecule has 1 nitrogen and oxygen atoms in total. The van der Waals surface area contributed by atoms with Crippen LogP contribution in [0.5, 0.6) is 0 Å². The van der Waals surface area contributed by atoms with Crippen LogP contribution < -0.4 is 5.32 Å². The molecule has 0 aromatic heterocycles. The first-order valence-electron chi connectivity index (χ1n) is 6.38. The quantitative estimate of drug-likeness (QED) is 0.865. The van der Waals surface area contributed by atoms with Crippen molar-refractivity contribution in [3.8, 4) is 0 Å². The Kier molecular flexibility index (Phi) is 3.11. The molecule has 2 heteroatoms. The summed E-state index contributed by atoms with van der Waals surface area (Å²) in [6, 6.07) is 15.9. The van der Waals surface area contributed by atoms with Crippen LogP contribution in [0.15, 0.2) is 48.5 Å². The van der Waals surface area contributed by atoms with Crippen LogP contribution in [0.25, 0.3) is 0 Å². The molecule has 2 aromatic carbocycles. The minimum atomic E-state index is -0.127. The number of benzene rings is 2. The second-order valence-electron chi connectivity index (χ2n) is 4.80. The smallest absolute Gasteiger partial charge is 0.123 e. The van der Waals surface area contributed by atoms with Crippen molar-refractivity contribution in [2.45, 2.75) is 25.4 Å². The Morgan fingerprint density at radius 3 is 2.78 bits per heavy atom. The highest BCUT2D eigenvalue weighted by atomic mass is 19.1. The second-order valence-corrected chi connectivity index (χ2v) is 4.80. The van der Waals surface area contributed by atoms with Gasteiger partial charge in [0.15, 0.2) is 0 Å². The Labute approximate surface area is 107 Å². The molecule has 0 fully saturated rings.